The Hall–Kier alpha value is -4.11. The lowest BCUT2D eigenvalue weighted by Crippen LogP contribution is -2.31. The summed E-state index contributed by atoms with van der Waals surface area (Å²) >= 11 is 1.45. The molecule has 0 aliphatic heterocycles. The van der Waals surface area contributed by atoms with Gasteiger partial charge in [0, 0.05) is 54.1 Å². The minimum absolute atomic E-state index is 0.253. The van der Waals surface area contributed by atoms with Crippen LogP contribution < -0.4 is 10.1 Å². The lowest BCUT2D eigenvalue weighted by molar-refractivity contribution is 0.0914. The fraction of sp³-hybridized carbons (Fsp3) is 0.154. The number of furan rings is 1. The number of carbonyl (C=O) groups is 1. The van der Waals surface area contributed by atoms with E-state index in [0.717, 1.165) is 16.5 Å². The molecule has 5 aromatic rings. The van der Waals surface area contributed by atoms with E-state index in [1.54, 1.807) is 31.8 Å². The number of benzene rings is 2. The SMILES string of the molecule is COc1ccccc1[C@H](NC(=O)c1oc2ccccc2c1CSc1ncccn1)c1nccn1C. The standard InChI is InChI=1S/C26H23N5O3S/c1-31-15-14-27-24(31)22(18-9-4-5-10-20(18)33-2)30-25(32)23-19(16-35-26-28-12-7-13-29-26)17-8-3-6-11-21(17)34-23/h3-15,22H,16H2,1-2H3,(H,30,32)/t22-/m0/s1. The number of carbonyl (C=O) groups excluding carboxylic acids is 1. The number of aryl methyl sites for hydroxylation is 1. The van der Waals surface area contributed by atoms with Gasteiger partial charge in [-0.1, -0.05) is 48.2 Å². The molecule has 0 aliphatic rings. The second kappa shape index (κ2) is 10.0. The Morgan fingerprint density at radius 3 is 2.60 bits per heavy atom. The number of para-hydroxylation sites is 2. The van der Waals surface area contributed by atoms with Gasteiger partial charge in [0.05, 0.1) is 7.11 Å². The fourth-order valence-electron chi connectivity index (χ4n) is 3.96. The molecule has 0 saturated carbocycles. The van der Waals surface area contributed by atoms with Crippen molar-refractivity contribution in [3.05, 3.63) is 102 Å². The average molecular weight is 486 g/mol. The highest BCUT2D eigenvalue weighted by molar-refractivity contribution is 7.98. The quantitative estimate of drug-likeness (QED) is 0.250. The summed E-state index contributed by atoms with van der Waals surface area (Å²) < 4.78 is 13.5. The third kappa shape index (κ3) is 4.63. The van der Waals surface area contributed by atoms with Crippen LogP contribution >= 0.6 is 11.8 Å². The van der Waals surface area contributed by atoms with Gasteiger partial charge in [-0.05, 0) is 18.2 Å². The number of aromatic nitrogens is 4. The van der Waals surface area contributed by atoms with Crippen molar-refractivity contribution in [3.8, 4) is 5.75 Å². The van der Waals surface area contributed by atoms with Gasteiger partial charge in [0.25, 0.3) is 5.91 Å². The van der Waals surface area contributed by atoms with Gasteiger partial charge in [0.15, 0.2) is 10.9 Å². The number of ether oxygens (including phenoxy) is 1. The molecule has 0 radical (unpaired) electrons. The molecule has 0 spiro atoms. The maximum Gasteiger partial charge on any atom is 0.288 e. The second-order valence-corrected chi connectivity index (χ2v) is 8.71. The second-order valence-electron chi connectivity index (χ2n) is 7.77. The number of methoxy groups -OCH3 is 1. The molecule has 35 heavy (non-hydrogen) atoms. The van der Waals surface area contributed by atoms with Crippen molar-refractivity contribution in [2.75, 3.05) is 7.11 Å². The maximum atomic E-state index is 13.7. The first-order valence-corrected chi connectivity index (χ1v) is 12.0. The molecule has 0 bridgehead atoms. The summed E-state index contributed by atoms with van der Waals surface area (Å²) in [5.74, 6) is 1.72. The largest absolute Gasteiger partial charge is 0.496 e. The first kappa shape index (κ1) is 22.7. The van der Waals surface area contributed by atoms with Crippen molar-refractivity contribution in [3.63, 3.8) is 0 Å². The summed E-state index contributed by atoms with van der Waals surface area (Å²) in [6.07, 6.45) is 6.93. The van der Waals surface area contributed by atoms with E-state index >= 15 is 0 Å². The van der Waals surface area contributed by atoms with E-state index in [2.05, 4.69) is 20.3 Å². The molecule has 0 unspecified atom stereocenters. The number of fused-ring (bicyclic) bond motifs is 1. The smallest absolute Gasteiger partial charge is 0.288 e. The van der Waals surface area contributed by atoms with Crippen LogP contribution in [0.5, 0.6) is 5.75 Å². The number of hydrogen-bond acceptors (Lipinski definition) is 7. The Balaban J connectivity index is 1.52. The Morgan fingerprint density at radius 2 is 1.83 bits per heavy atom. The average Bonchev–Trinajstić information content (AvgIpc) is 3.50. The number of rotatable bonds is 8. The van der Waals surface area contributed by atoms with E-state index in [9.17, 15) is 4.79 Å². The van der Waals surface area contributed by atoms with Gasteiger partial charge in [0.1, 0.15) is 23.2 Å². The number of thioether (sulfide) groups is 1. The molecular formula is C26H23N5O3S. The highest BCUT2D eigenvalue weighted by Gasteiger charge is 2.28. The van der Waals surface area contributed by atoms with Gasteiger partial charge in [-0.15, -0.1) is 0 Å². The summed E-state index contributed by atoms with van der Waals surface area (Å²) in [7, 11) is 3.50. The van der Waals surface area contributed by atoms with E-state index < -0.39 is 6.04 Å². The molecule has 0 aliphatic carbocycles. The molecule has 3 heterocycles. The lowest BCUT2D eigenvalue weighted by atomic mass is 10.0. The van der Waals surface area contributed by atoms with E-state index in [1.807, 2.05) is 66.3 Å². The molecule has 3 aromatic heterocycles. The predicted molar refractivity (Wildman–Crippen MR) is 133 cm³/mol. The molecule has 1 amide bonds. The molecule has 9 heteroatoms. The van der Waals surface area contributed by atoms with Crippen LogP contribution in [0.3, 0.4) is 0 Å². The monoisotopic (exact) mass is 485 g/mol. The molecular weight excluding hydrogens is 462 g/mol. The van der Waals surface area contributed by atoms with Crippen LogP contribution in [0, 0.1) is 0 Å². The number of nitrogens with zero attached hydrogens (tertiary/aromatic N) is 4. The van der Waals surface area contributed by atoms with E-state index in [1.165, 1.54) is 11.8 Å². The van der Waals surface area contributed by atoms with Crippen LogP contribution in [0.4, 0.5) is 0 Å². The topological polar surface area (TPSA) is 95.1 Å². The van der Waals surface area contributed by atoms with Gasteiger partial charge in [0.2, 0.25) is 0 Å². The first-order valence-electron chi connectivity index (χ1n) is 11.0. The highest BCUT2D eigenvalue weighted by Crippen LogP contribution is 2.33. The van der Waals surface area contributed by atoms with Crippen molar-refractivity contribution in [2.24, 2.45) is 7.05 Å². The predicted octanol–water partition coefficient (Wildman–Crippen LogP) is 4.78. The van der Waals surface area contributed by atoms with Crippen LogP contribution in [0.1, 0.15) is 33.5 Å². The third-order valence-electron chi connectivity index (χ3n) is 5.63. The Morgan fingerprint density at radius 1 is 1.06 bits per heavy atom. The zero-order valence-corrected chi connectivity index (χ0v) is 20.0. The number of amides is 1. The van der Waals surface area contributed by atoms with Gasteiger partial charge < -0.3 is 19.0 Å². The Kier molecular flexibility index (Phi) is 6.49. The van der Waals surface area contributed by atoms with Crippen molar-refractivity contribution in [1.29, 1.82) is 0 Å². The minimum atomic E-state index is -0.551. The summed E-state index contributed by atoms with van der Waals surface area (Å²) in [6.45, 7) is 0. The van der Waals surface area contributed by atoms with Crippen LogP contribution in [-0.4, -0.2) is 32.5 Å². The molecule has 2 aromatic carbocycles. The van der Waals surface area contributed by atoms with Gasteiger partial charge >= 0.3 is 0 Å². The Bertz CT molecular complexity index is 1460. The highest BCUT2D eigenvalue weighted by atomic mass is 32.2. The lowest BCUT2D eigenvalue weighted by Gasteiger charge is -2.21. The molecule has 0 saturated heterocycles. The van der Waals surface area contributed by atoms with Gasteiger partial charge in [-0.2, -0.15) is 0 Å². The number of nitrogens with one attached hydrogen (secondary N) is 1. The zero-order valence-electron chi connectivity index (χ0n) is 19.2. The van der Waals surface area contributed by atoms with Crippen molar-refractivity contribution in [2.45, 2.75) is 17.0 Å². The van der Waals surface area contributed by atoms with Crippen molar-refractivity contribution in [1.82, 2.24) is 24.8 Å². The molecule has 1 N–H and O–H groups in total. The minimum Gasteiger partial charge on any atom is -0.496 e. The Labute approximate surface area is 206 Å². The normalized spacial score (nSPS) is 11.9. The zero-order chi connectivity index (χ0) is 24.2. The van der Waals surface area contributed by atoms with E-state index in [-0.39, 0.29) is 11.7 Å². The van der Waals surface area contributed by atoms with Crippen LogP contribution in [0.25, 0.3) is 11.0 Å². The molecule has 5 rings (SSSR count). The first-order chi connectivity index (χ1) is 17.2. The molecule has 176 valence electrons. The van der Waals surface area contributed by atoms with E-state index in [0.29, 0.717) is 28.1 Å². The third-order valence-corrected chi connectivity index (χ3v) is 6.54. The molecule has 8 nitrogen and oxygen atoms in total. The molecule has 1 atom stereocenters. The maximum absolute atomic E-state index is 13.7. The van der Waals surface area contributed by atoms with Gasteiger partial charge in [-0.3, -0.25) is 4.79 Å². The van der Waals surface area contributed by atoms with Crippen LogP contribution in [-0.2, 0) is 12.8 Å². The summed E-state index contributed by atoms with van der Waals surface area (Å²) in [6, 6.07) is 16.4. The number of imidazole rings is 1. The van der Waals surface area contributed by atoms with Crippen molar-refractivity contribution >= 4 is 28.6 Å². The summed E-state index contributed by atoms with van der Waals surface area (Å²) in [4.78, 5) is 26.8. The fourth-order valence-corrected chi connectivity index (χ4v) is 4.79. The van der Waals surface area contributed by atoms with Crippen LogP contribution in [0.15, 0.2) is 89.0 Å². The summed E-state index contributed by atoms with van der Waals surface area (Å²) in [5, 5.41) is 4.64. The number of hydrogen-bond donors (Lipinski definition) is 1. The van der Waals surface area contributed by atoms with Crippen LogP contribution in [0.2, 0.25) is 0 Å². The van der Waals surface area contributed by atoms with Crippen molar-refractivity contribution < 1.29 is 13.9 Å². The van der Waals surface area contributed by atoms with Gasteiger partial charge in [-0.25, -0.2) is 15.0 Å². The summed E-state index contributed by atoms with van der Waals surface area (Å²) in [5.41, 5.74) is 2.23. The van der Waals surface area contributed by atoms with E-state index in [4.69, 9.17) is 9.15 Å². The molecule has 0 fully saturated rings.